The van der Waals surface area contributed by atoms with E-state index < -0.39 is 5.91 Å². The van der Waals surface area contributed by atoms with Crippen LogP contribution in [0.2, 0.25) is 0 Å². The summed E-state index contributed by atoms with van der Waals surface area (Å²) in [5.41, 5.74) is 9.96. The molecule has 5 rings (SSSR count). The summed E-state index contributed by atoms with van der Waals surface area (Å²) in [6, 6.07) is 15.8. The van der Waals surface area contributed by atoms with E-state index in [0.717, 1.165) is 70.7 Å². The maximum atomic E-state index is 11.5. The van der Waals surface area contributed by atoms with Gasteiger partial charge >= 0.3 is 0 Å². The number of piperidine rings is 1. The standard InChI is InChI=1S/C30H30N6O2S/c1-19-15-21(6-4-11-31)16-20(2)26(19)38-28-25-10-14-39-29(25)35-30(34-28)33-24-8-12-36(13-9-24)18-22-5-3-7-23(17-22)27(32)37/h3-7,10,14-17,24H,8-9,12-13,18H2,1-2H3,(H2,32,37)(H,33,34,35)/b6-4+. The summed E-state index contributed by atoms with van der Waals surface area (Å²) in [7, 11) is 0. The maximum absolute atomic E-state index is 11.5. The molecule has 1 amide bonds. The number of likely N-dealkylation sites (tertiary alicyclic amines) is 1. The number of nitriles is 1. The average molecular weight is 539 g/mol. The van der Waals surface area contributed by atoms with E-state index in [-0.39, 0.29) is 6.04 Å². The minimum atomic E-state index is -0.402. The zero-order chi connectivity index (χ0) is 27.4. The van der Waals surface area contributed by atoms with Gasteiger partial charge in [0.25, 0.3) is 0 Å². The van der Waals surface area contributed by atoms with Gasteiger partial charge in [-0.1, -0.05) is 12.1 Å². The Kier molecular flexibility index (Phi) is 7.87. The number of fused-ring (bicyclic) bond motifs is 1. The average Bonchev–Trinajstić information content (AvgIpc) is 3.40. The smallest absolute Gasteiger partial charge is 0.248 e. The highest BCUT2D eigenvalue weighted by molar-refractivity contribution is 7.16. The molecular formula is C30H30N6O2S. The lowest BCUT2D eigenvalue weighted by molar-refractivity contribution is 0.1000. The van der Waals surface area contributed by atoms with Crippen LogP contribution in [0.25, 0.3) is 16.3 Å². The number of hydrogen-bond acceptors (Lipinski definition) is 8. The number of nitrogens with zero attached hydrogens (tertiary/aromatic N) is 4. The normalized spacial score (nSPS) is 14.5. The van der Waals surface area contributed by atoms with E-state index >= 15 is 0 Å². The first-order chi connectivity index (χ1) is 18.9. The SMILES string of the molecule is Cc1cc(/C=C/C#N)cc(C)c1Oc1nc(NC2CCN(Cc3cccc(C(N)=O)c3)CC2)nc2sccc12. The molecule has 2 aromatic carbocycles. The van der Waals surface area contributed by atoms with E-state index in [1.54, 1.807) is 23.5 Å². The molecule has 2 aromatic heterocycles. The van der Waals surface area contributed by atoms with Gasteiger partial charge in [-0.2, -0.15) is 10.2 Å². The van der Waals surface area contributed by atoms with Crippen molar-refractivity contribution in [3.05, 3.63) is 81.7 Å². The van der Waals surface area contributed by atoms with Crippen LogP contribution in [0, 0.1) is 25.2 Å². The van der Waals surface area contributed by atoms with Gasteiger partial charge in [-0.15, -0.1) is 11.3 Å². The van der Waals surface area contributed by atoms with E-state index in [1.165, 1.54) is 6.08 Å². The molecule has 0 bridgehead atoms. The minimum absolute atomic E-state index is 0.248. The number of primary amides is 1. The number of rotatable bonds is 8. The van der Waals surface area contributed by atoms with Crippen molar-refractivity contribution < 1.29 is 9.53 Å². The van der Waals surface area contributed by atoms with Crippen molar-refractivity contribution in [1.82, 2.24) is 14.9 Å². The third kappa shape index (κ3) is 6.25. The van der Waals surface area contributed by atoms with Crippen molar-refractivity contribution >= 4 is 39.5 Å². The Morgan fingerprint density at radius 3 is 2.69 bits per heavy atom. The molecule has 198 valence electrons. The number of thiophene rings is 1. The molecule has 1 aliphatic heterocycles. The minimum Gasteiger partial charge on any atom is -0.438 e. The largest absolute Gasteiger partial charge is 0.438 e. The van der Waals surface area contributed by atoms with E-state index in [0.29, 0.717) is 17.4 Å². The fourth-order valence-corrected chi connectivity index (χ4v) is 5.70. The molecular weight excluding hydrogens is 508 g/mol. The molecule has 0 radical (unpaired) electrons. The number of allylic oxidation sites excluding steroid dienone is 1. The molecule has 0 unspecified atom stereocenters. The molecule has 1 saturated heterocycles. The second-order valence-corrected chi connectivity index (χ2v) is 10.7. The van der Waals surface area contributed by atoms with Gasteiger partial charge in [0.2, 0.25) is 17.7 Å². The van der Waals surface area contributed by atoms with Gasteiger partial charge in [-0.05, 0) is 90.7 Å². The molecule has 8 nitrogen and oxygen atoms in total. The van der Waals surface area contributed by atoms with E-state index in [2.05, 4.69) is 10.2 Å². The second kappa shape index (κ2) is 11.6. The molecule has 3 N–H and O–H groups in total. The molecule has 1 fully saturated rings. The van der Waals surface area contributed by atoms with Crippen molar-refractivity contribution in [2.45, 2.75) is 39.3 Å². The summed E-state index contributed by atoms with van der Waals surface area (Å²) in [4.78, 5) is 24.3. The number of nitrogens with one attached hydrogen (secondary N) is 1. The number of anilines is 1. The van der Waals surface area contributed by atoms with Crippen LogP contribution in [0.5, 0.6) is 11.6 Å². The Morgan fingerprint density at radius 1 is 1.21 bits per heavy atom. The predicted octanol–water partition coefficient (Wildman–Crippen LogP) is 5.81. The number of amides is 1. The fraction of sp³-hybridized carbons (Fsp3) is 0.267. The van der Waals surface area contributed by atoms with Gasteiger partial charge in [-0.3, -0.25) is 9.69 Å². The van der Waals surface area contributed by atoms with Crippen LogP contribution < -0.4 is 15.8 Å². The lowest BCUT2D eigenvalue weighted by atomic mass is 10.0. The number of nitrogens with two attached hydrogens (primary N) is 1. The summed E-state index contributed by atoms with van der Waals surface area (Å²) in [6.07, 6.45) is 5.16. The number of aryl methyl sites for hydroxylation is 2. The van der Waals surface area contributed by atoms with Gasteiger partial charge in [0.05, 0.1) is 11.5 Å². The topological polar surface area (TPSA) is 117 Å². The molecule has 0 spiro atoms. The molecule has 1 aliphatic rings. The zero-order valence-electron chi connectivity index (χ0n) is 22.0. The van der Waals surface area contributed by atoms with Crippen LogP contribution >= 0.6 is 11.3 Å². The highest BCUT2D eigenvalue weighted by atomic mass is 32.1. The lowest BCUT2D eigenvalue weighted by Crippen LogP contribution is -2.39. The molecule has 4 aromatic rings. The van der Waals surface area contributed by atoms with Crippen LogP contribution in [0.4, 0.5) is 5.95 Å². The van der Waals surface area contributed by atoms with Gasteiger partial charge in [0, 0.05) is 37.3 Å². The van der Waals surface area contributed by atoms with Crippen LogP contribution in [-0.4, -0.2) is 39.9 Å². The van der Waals surface area contributed by atoms with Crippen molar-refractivity contribution in [2.75, 3.05) is 18.4 Å². The molecule has 0 aliphatic carbocycles. The third-order valence-electron chi connectivity index (χ3n) is 6.86. The fourth-order valence-electron chi connectivity index (χ4n) is 4.94. The first kappa shape index (κ1) is 26.4. The Bertz CT molecular complexity index is 1560. The summed E-state index contributed by atoms with van der Waals surface area (Å²) in [5, 5.41) is 15.3. The maximum Gasteiger partial charge on any atom is 0.248 e. The van der Waals surface area contributed by atoms with Gasteiger partial charge in [-0.25, -0.2) is 4.98 Å². The highest BCUT2D eigenvalue weighted by Gasteiger charge is 2.22. The first-order valence-corrected chi connectivity index (χ1v) is 13.8. The molecule has 9 heteroatoms. The number of carbonyl (C=O) groups is 1. The van der Waals surface area contributed by atoms with Crippen LogP contribution in [0.3, 0.4) is 0 Å². The quantitative estimate of drug-likeness (QED) is 0.272. The zero-order valence-corrected chi connectivity index (χ0v) is 22.8. The van der Waals surface area contributed by atoms with Crippen LogP contribution in [-0.2, 0) is 6.54 Å². The van der Waals surface area contributed by atoms with E-state index in [9.17, 15) is 4.79 Å². The van der Waals surface area contributed by atoms with E-state index in [4.69, 9.17) is 25.7 Å². The van der Waals surface area contributed by atoms with Gasteiger partial charge in [0.1, 0.15) is 10.6 Å². The van der Waals surface area contributed by atoms with Crippen molar-refractivity contribution in [2.24, 2.45) is 5.73 Å². The predicted molar refractivity (Wildman–Crippen MR) is 155 cm³/mol. The van der Waals surface area contributed by atoms with E-state index in [1.807, 2.05) is 61.7 Å². The van der Waals surface area contributed by atoms with Gasteiger partial charge in [0.15, 0.2) is 0 Å². The second-order valence-electron chi connectivity index (χ2n) is 9.80. The lowest BCUT2D eigenvalue weighted by Gasteiger charge is -2.32. The van der Waals surface area contributed by atoms with Crippen LogP contribution in [0.1, 0.15) is 45.5 Å². The number of hydrogen-bond donors (Lipinski definition) is 2. The monoisotopic (exact) mass is 538 g/mol. The molecule has 39 heavy (non-hydrogen) atoms. The van der Waals surface area contributed by atoms with Crippen molar-refractivity contribution in [3.63, 3.8) is 0 Å². The summed E-state index contributed by atoms with van der Waals surface area (Å²) in [6.45, 7) is 6.62. The number of ether oxygens (including phenoxy) is 1. The molecule has 0 saturated carbocycles. The number of benzene rings is 2. The Hall–Kier alpha value is -4.26. The third-order valence-corrected chi connectivity index (χ3v) is 7.67. The number of aromatic nitrogens is 2. The highest BCUT2D eigenvalue weighted by Crippen LogP contribution is 2.35. The summed E-state index contributed by atoms with van der Waals surface area (Å²) in [5.74, 6) is 1.45. The van der Waals surface area contributed by atoms with Crippen LogP contribution in [0.15, 0.2) is 53.9 Å². The Morgan fingerprint density at radius 2 is 1.97 bits per heavy atom. The molecule has 3 heterocycles. The first-order valence-electron chi connectivity index (χ1n) is 12.9. The Labute approximate surface area is 231 Å². The number of carbonyl (C=O) groups excluding carboxylic acids is 1. The Balaban J connectivity index is 1.27. The summed E-state index contributed by atoms with van der Waals surface area (Å²) >= 11 is 1.56. The van der Waals surface area contributed by atoms with Crippen molar-refractivity contribution in [1.29, 1.82) is 5.26 Å². The van der Waals surface area contributed by atoms with Crippen molar-refractivity contribution in [3.8, 4) is 17.7 Å². The van der Waals surface area contributed by atoms with Gasteiger partial charge < -0.3 is 15.8 Å². The summed E-state index contributed by atoms with van der Waals surface area (Å²) < 4.78 is 6.40. The molecule has 0 atom stereocenters.